The Kier molecular flexibility index (Phi) is 6.78. The molecule has 5 heteroatoms. The zero-order valence-electron chi connectivity index (χ0n) is 15.6. The molecule has 2 aromatic carbocycles. The van der Waals surface area contributed by atoms with Gasteiger partial charge in [0, 0.05) is 11.3 Å². The molecular weight excluding hydrogens is 330 g/mol. The van der Waals surface area contributed by atoms with E-state index in [4.69, 9.17) is 9.47 Å². The number of esters is 1. The van der Waals surface area contributed by atoms with Gasteiger partial charge in [0.05, 0.1) is 6.10 Å². The van der Waals surface area contributed by atoms with E-state index < -0.39 is 12.1 Å². The zero-order chi connectivity index (χ0) is 19.1. The number of hydrogen-bond donors (Lipinski definition) is 1. The summed E-state index contributed by atoms with van der Waals surface area (Å²) in [6.45, 7) is 7.42. The van der Waals surface area contributed by atoms with Crippen molar-refractivity contribution in [2.24, 2.45) is 0 Å². The maximum Gasteiger partial charge on any atom is 0.347 e. The van der Waals surface area contributed by atoms with E-state index in [1.54, 1.807) is 31.2 Å². The van der Waals surface area contributed by atoms with Crippen molar-refractivity contribution in [2.75, 3.05) is 5.32 Å². The van der Waals surface area contributed by atoms with Crippen LogP contribution in [0.5, 0.6) is 5.75 Å². The van der Waals surface area contributed by atoms with Crippen LogP contribution < -0.4 is 10.1 Å². The zero-order valence-corrected chi connectivity index (χ0v) is 15.6. The predicted molar refractivity (Wildman–Crippen MR) is 102 cm³/mol. The summed E-state index contributed by atoms with van der Waals surface area (Å²) in [6, 6.07) is 14.2. The van der Waals surface area contributed by atoms with Crippen molar-refractivity contribution in [3.8, 4) is 5.75 Å². The number of benzene rings is 2. The predicted octanol–water partition coefficient (Wildman–Crippen LogP) is 4.36. The molecule has 1 amide bonds. The van der Waals surface area contributed by atoms with Gasteiger partial charge in [0.2, 0.25) is 0 Å². The molecule has 0 aliphatic rings. The van der Waals surface area contributed by atoms with Crippen LogP contribution in [-0.4, -0.2) is 24.1 Å². The van der Waals surface area contributed by atoms with Crippen molar-refractivity contribution in [3.05, 3.63) is 59.7 Å². The summed E-state index contributed by atoms with van der Waals surface area (Å²) >= 11 is 0. The number of hydrogen-bond acceptors (Lipinski definition) is 4. The van der Waals surface area contributed by atoms with Crippen LogP contribution >= 0.6 is 0 Å². The van der Waals surface area contributed by atoms with Gasteiger partial charge in [-0.3, -0.25) is 4.79 Å². The van der Waals surface area contributed by atoms with E-state index in [9.17, 15) is 9.59 Å². The Hall–Kier alpha value is -2.82. The highest BCUT2D eigenvalue weighted by Crippen LogP contribution is 2.16. The van der Waals surface area contributed by atoms with E-state index in [1.807, 2.05) is 45.0 Å². The van der Waals surface area contributed by atoms with Crippen LogP contribution in [0.2, 0.25) is 0 Å². The lowest BCUT2D eigenvalue weighted by Crippen LogP contribution is -2.29. The third-order valence-electron chi connectivity index (χ3n) is 3.96. The van der Waals surface area contributed by atoms with Crippen LogP contribution in [0.25, 0.3) is 0 Å². The summed E-state index contributed by atoms with van der Waals surface area (Å²) in [4.78, 5) is 24.2. The fraction of sp³-hybridized carbons (Fsp3) is 0.333. The first-order chi connectivity index (χ1) is 12.4. The first-order valence-corrected chi connectivity index (χ1v) is 8.74. The fourth-order valence-corrected chi connectivity index (χ4v) is 2.15. The Morgan fingerprint density at radius 2 is 1.62 bits per heavy atom. The minimum atomic E-state index is -0.712. The molecule has 2 atom stereocenters. The van der Waals surface area contributed by atoms with Crippen LogP contribution in [0.4, 0.5) is 5.69 Å². The molecule has 0 saturated carbocycles. The lowest BCUT2D eigenvalue weighted by Gasteiger charge is -2.17. The molecule has 138 valence electrons. The van der Waals surface area contributed by atoms with Crippen molar-refractivity contribution in [1.82, 2.24) is 0 Å². The summed E-state index contributed by atoms with van der Waals surface area (Å²) < 4.78 is 10.8. The highest BCUT2D eigenvalue weighted by Gasteiger charge is 2.18. The van der Waals surface area contributed by atoms with Gasteiger partial charge in [0.15, 0.2) is 6.10 Å². The van der Waals surface area contributed by atoms with Gasteiger partial charge in [-0.25, -0.2) is 4.79 Å². The molecule has 0 aromatic heterocycles. The van der Waals surface area contributed by atoms with Crippen LogP contribution in [0.15, 0.2) is 48.5 Å². The first kappa shape index (κ1) is 19.5. The molecule has 26 heavy (non-hydrogen) atoms. The van der Waals surface area contributed by atoms with Gasteiger partial charge in [-0.05, 0) is 63.6 Å². The van der Waals surface area contributed by atoms with Crippen LogP contribution in [0.3, 0.4) is 0 Å². The lowest BCUT2D eigenvalue weighted by atomic mass is 10.2. The van der Waals surface area contributed by atoms with E-state index in [2.05, 4.69) is 5.32 Å². The summed E-state index contributed by atoms with van der Waals surface area (Å²) in [5.74, 6) is -0.101. The molecule has 1 N–H and O–H groups in total. The summed E-state index contributed by atoms with van der Waals surface area (Å²) in [6.07, 6.45) is -0.0962. The molecule has 0 aliphatic carbocycles. The Balaban J connectivity index is 1.93. The van der Waals surface area contributed by atoms with Gasteiger partial charge >= 0.3 is 5.97 Å². The number of ether oxygens (including phenoxy) is 2. The third-order valence-corrected chi connectivity index (χ3v) is 3.96. The summed E-state index contributed by atoms with van der Waals surface area (Å²) in [7, 11) is 0. The molecule has 0 heterocycles. The van der Waals surface area contributed by atoms with Gasteiger partial charge in [0.1, 0.15) is 5.75 Å². The second-order valence-electron chi connectivity index (χ2n) is 6.26. The maximum atomic E-state index is 12.3. The number of aryl methyl sites for hydroxylation is 1. The van der Waals surface area contributed by atoms with Crippen LogP contribution in [-0.2, 0) is 9.53 Å². The van der Waals surface area contributed by atoms with Gasteiger partial charge < -0.3 is 14.8 Å². The third kappa shape index (κ3) is 5.62. The molecule has 2 aromatic rings. The minimum absolute atomic E-state index is 0.138. The number of amides is 1. The standard InChI is InChI=1S/C21H25NO4/c1-5-15(3)25-21(24)16(4)26-19-12-8-17(9-13-19)20(23)22-18-10-6-14(2)7-11-18/h6-13,15-16H,5H2,1-4H3,(H,22,23)/t15-,16-/m1/s1. The number of nitrogens with one attached hydrogen (secondary N) is 1. The Morgan fingerprint density at radius 1 is 1.00 bits per heavy atom. The maximum absolute atomic E-state index is 12.3. The smallest absolute Gasteiger partial charge is 0.347 e. The Labute approximate surface area is 154 Å². The van der Waals surface area contributed by atoms with Crippen molar-refractivity contribution in [3.63, 3.8) is 0 Å². The van der Waals surface area contributed by atoms with Gasteiger partial charge in [-0.2, -0.15) is 0 Å². The van der Waals surface area contributed by atoms with Gasteiger partial charge in [0.25, 0.3) is 5.91 Å². The lowest BCUT2D eigenvalue weighted by molar-refractivity contribution is -0.155. The minimum Gasteiger partial charge on any atom is -0.479 e. The molecule has 2 rings (SSSR count). The molecule has 0 bridgehead atoms. The Morgan fingerprint density at radius 3 is 2.19 bits per heavy atom. The average molecular weight is 355 g/mol. The van der Waals surface area contributed by atoms with Crippen LogP contribution in [0, 0.1) is 6.92 Å². The van der Waals surface area contributed by atoms with Gasteiger partial charge in [-0.15, -0.1) is 0 Å². The SMILES string of the molecule is CC[C@@H](C)OC(=O)[C@@H](C)Oc1ccc(C(=O)Nc2ccc(C)cc2)cc1. The highest BCUT2D eigenvalue weighted by molar-refractivity contribution is 6.04. The number of rotatable bonds is 7. The Bertz CT molecular complexity index is 738. The quantitative estimate of drug-likeness (QED) is 0.750. The second-order valence-corrected chi connectivity index (χ2v) is 6.26. The second kappa shape index (κ2) is 9.04. The van der Waals surface area contributed by atoms with Crippen molar-refractivity contribution < 1.29 is 19.1 Å². The van der Waals surface area contributed by atoms with E-state index in [0.29, 0.717) is 11.3 Å². The molecule has 0 radical (unpaired) electrons. The molecule has 0 aliphatic heterocycles. The van der Waals surface area contributed by atoms with E-state index in [1.165, 1.54) is 0 Å². The fourth-order valence-electron chi connectivity index (χ4n) is 2.15. The number of anilines is 1. The summed E-state index contributed by atoms with van der Waals surface area (Å²) in [5, 5.41) is 2.84. The normalized spacial score (nSPS) is 12.8. The largest absolute Gasteiger partial charge is 0.479 e. The van der Waals surface area contributed by atoms with Gasteiger partial charge in [-0.1, -0.05) is 24.6 Å². The van der Waals surface area contributed by atoms with Crippen LogP contribution in [0.1, 0.15) is 43.1 Å². The van der Waals surface area contributed by atoms with Crippen molar-refractivity contribution >= 4 is 17.6 Å². The van der Waals surface area contributed by atoms with E-state index in [0.717, 1.165) is 17.7 Å². The van der Waals surface area contributed by atoms with E-state index in [-0.39, 0.29) is 12.0 Å². The molecule has 0 saturated heterocycles. The number of carbonyl (C=O) groups is 2. The first-order valence-electron chi connectivity index (χ1n) is 8.74. The molecule has 0 fully saturated rings. The number of carbonyl (C=O) groups excluding carboxylic acids is 2. The van der Waals surface area contributed by atoms with E-state index >= 15 is 0 Å². The van der Waals surface area contributed by atoms with Crippen molar-refractivity contribution in [2.45, 2.75) is 46.3 Å². The average Bonchev–Trinajstić information content (AvgIpc) is 2.63. The summed E-state index contributed by atoms with van der Waals surface area (Å²) in [5.41, 5.74) is 2.38. The highest BCUT2D eigenvalue weighted by atomic mass is 16.6. The monoisotopic (exact) mass is 355 g/mol. The van der Waals surface area contributed by atoms with Crippen molar-refractivity contribution in [1.29, 1.82) is 0 Å². The molecular formula is C21H25NO4. The molecule has 0 unspecified atom stereocenters. The molecule has 5 nitrogen and oxygen atoms in total. The molecule has 0 spiro atoms. The topological polar surface area (TPSA) is 64.6 Å².